The average molecular weight is 440 g/mol. The number of carbonyl (C=O) groups is 3. The van der Waals surface area contributed by atoms with Crippen LogP contribution in [0.25, 0.3) is 6.08 Å². The summed E-state index contributed by atoms with van der Waals surface area (Å²) in [5.41, 5.74) is 1.78. The number of hydrogen-bond donors (Lipinski definition) is 1. The van der Waals surface area contributed by atoms with Gasteiger partial charge < -0.3 is 19.1 Å². The first-order valence-corrected chi connectivity index (χ1v) is 10.3. The topological polar surface area (TPSA) is 94.2 Å². The highest BCUT2D eigenvalue weighted by atomic mass is 32.2. The summed E-state index contributed by atoms with van der Waals surface area (Å²) in [5, 5.41) is 1.84. The number of methoxy groups -OCH3 is 1. The molecule has 2 aromatic carbocycles. The number of thioether (sulfide) groups is 1. The number of rotatable bonds is 6. The predicted molar refractivity (Wildman–Crippen MR) is 115 cm³/mol. The van der Waals surface area contributed by atoms with Gasteiger partial charge in [0.05, 0.1) is 18.1 Å². The van der Waals surface area contributed by atoms with Gasteiger partial charge >= 0.3 is 6.09 Å². The lowest BCUT2D eigenvalue weighted by Crippen LogP contribution is -2.30. The summed E-state index contributed by atoms with van der Waals surface area (Å²) in [6.45, 7) is 0.390. The van der Waals surface area contributed by atoms with Gasteiger partial charge in [-0.2, -0.15) is 0 Å². The number of cyclic esters (lactones) is 1. The van der Waals surface area contributed by atoms with Crippen LogP contribution in [-0.2, 0) is 16.0 Å². The number of likely N-dealkylation sites (N-methyl/N-ethyl adjacent to an activating group) is 1. The summed E-state index contributed by atoms with van der Waals surface area (Å²) >= 11 is 0.861. The highest BCUT2D eigenvalue weighted by molar-refractivity contribution is 8.18. The molecule has 160 valence electrons. The van der Waals surface area contributed by atoms with E-state index in [9.17, 15) is 14.4 Å². The molecule has 0 spiro atoms. The number of amides is 3. The quantitative estimate of drug-likeness (QED) is 0.683. The van der Waals surface area contributed by atoms with Gasteiger partial charge in [-0.05, 0) is 59.7 Å². The van der Waals surface area contributed by atoms with Gasteiger partial charge in [-0.1, -0.05) is 18.2 Å². The third-order valence-electron chi connectivity index (χ3n) is 4.98. The SMILES string of the molecule is COc1cc(/C=C2\SC(=O)NC2=O)ccc1Oc1ccc(CC2COC(=O)N2C)cc1. The van der Waals surface area contributed by atoms with E-state index in [1.165, 1.54) is 7.11 Å². The van der Waals surface area contributed by atoms with Crippen LogP contribution in [0.1, 0.15) is 11.1 Å². The van der Waals surface area contributed by atoms with Gasteiger partial charge in [-0.15, -0.1) is 0 Å². The van der Waals surface area contributed by atoms with Crippen LogP contribution in [0.15, 0.2) is 47.4 Å². The minimum Gasteiger partial charge on any atom is -0.493 e. The Labute approximate surface area is 183 Å². The fourth-order valence-electron chi connectivity index (χ4n) is 3.25. The Kier molecular flexibility index (Phi) is 5.85. The predicted octanol–water partition coefficient (Wildman–Crippen LogP) is 3.80. The van der Waals surface area contributed by atoms with E-state index in [-0.39, 0.29) is 17.4 Å². The Bertz CT molecular complexity index is 1070. The molecule has 2 aliphatic rings. The number of benzene rings is 2. The molecule has 2 aliphatic heterocycles. The number of imide groups is 1. The van der Waals surface area contributed by atoms with Gasteiger partial charge in [0.1, 0.15) is 12.4 Å². The largest absolute Gasteiger partial charge is 0.493 e. The van der Waals surface area contributed by atoms with E-state index in [4.69, 9.17) is 14.2 Å². The van der Waals surface area contributed by atoms with Crippen molar-refractivity contribution in [1.82, 2.24) is 10.2 Å². The molecule has 1 unspecified atom stereocenters. The lowest BCUT2D eigenvalue weighted by Gasteiger charge is -2.16. The minimum atomic E-state index is -0.408. The molecular weight excluding hydrogens is 420 g/mol. The van der Waals surface area contributed by atoms with E-state index < -0.39 is 5.91 Å². The molecule has 9 heteroatoms. The van der Waals surface area contributed by atoms with Crippen molar-refractivity contribution < 1.29 is 28.6 Å². The van der Waals surface area contributed by atoms with Crippen LogP contribution >= 0.6 is 11.8 Å². The zero-order valence-corrected chi connectivity index (χ0v) is 17.7. The van der Waals surface area contributed by atoms with Gasteiger partial charge in [0.15, 0.2) is 11.5 Å². The lowest BCUT2D eigenvalue weighted by atomic mass is 10.1. The van der Waals surface area contributed by atoms with E-state index >= 15 is 0 Å². The van der Waals surface area contributed by atoms with Crippen LogP contribution < -0.4 is 14.8 Å². The van der Waals surface area contributed by atoms with Gasteiger partial charge in [0.25, 0.3) is 11.1 Å². The maximum absolute atomic E-state index is 11.7. The Morgan fingerprint density at radius 2 is 1.94 bits per heavy atom. The van der Waals surface area contributed by atoms with Crippen molar-refractivity contribution in [2.45, 2.75) is 12.5 Å². The number of carbonyl (C=O) groups excluding carboxylic acids is 3. The molecule has 0 saturated carbocycles. The van der Waals surface area contributed by atoms with Gasteiger partial charge in [0.2, 0.25) is 0 Å². The maximum atomic E-state index is 11.7. The first-order chi connectivity index (χ1) is 14.9. The van der Waals surface area contributed by atoms with Gasteiger partial charge in [-0.25, -0.2) is 4.79 Å². The first-order valence-electron chi connectivity index (χ1n) is 9.52. The highest BCUT2D eigenvalue weighted by Crippen LogP contribution is 2.34. The summed E-state index contributed by atoms with van der Waals surface area (Å²) < 4.78 is 16.4. The molecule has 3 amide bonds. The summed E-state index contributed by atoms with van der Waals surface area (Å²) in [5.74, 6) is 1.24. The van der Waals surface area contributed by atoms with Crippen molar-refractivity contribution in [3.05, 3.63) is 58.5 Å². The molecule has 1 N–H and O–H groups in total. The highest BCUT2D eigenvalue weighted by Gasteiger charge is 2.29. The third kappa shape index (κ3) is 4.66. The third-order valence-corrected chi connectivity index (χ3v) is 5.80. The number of nitrogens with one attached hydrogen (secondary N) is 1. The fourth-order valence-corrected chi connectivity index (χ4v) is 3.93. The van der Waals surface area contributed by atoms with Crippen molar-refractivity contribution in [3.8, 4) is 17.2 Å². The Morgan fingerprint density at radius 1 is 1.16 bits per heavy atom. The second-order valence-electron chi connectivity index (χ2n) is 7.05. The monoisotopic (exact) mass is 440 g/mol. The molecular formula is C22H20N2O6S. The maximum Gasteiger partial charge on any atom is 0.409 e. The van der Waals surface area contributed by atoms with Crippen LogP contribution in [0.2, 0.25) is 0 Å². The zero-order chi connectivity index (χ0) is 22.0. The molecule has 0 bridgehead atoms. The summed E-state index contributed by atoms with van der Waals surface area (Å²) in [7, 11) is 3.27. The van der Waals surface area contributed by atoms with E-state index in [1.54, 1.807) is 36.2 Å². The van der Waals surface area contributed by atoms with E-state index in [0.29, 0.717) is 40.7 Å². The first kappa shape index (κ1) is 20.8. The van der Waals surface area contributed by atoms with Crippen molar-refractivity contribution in [2.24, 2.45) is 0 Å². The van der Waals surface area contributed by atoms with Crippen molar-refractivity contribution in [1.29, 1.82) is 0 Å². The Balaban J connectivity index is 1.45. The molecule has 0 aromatic heterocycles. The number of hydrogen-bond acceptors (Lipinski definition) is 7. The number of nitrogens with zero attached hydrogens (tertiary/aromatic N) is 1. The van der Waals surface area contributed by atoms with Crippen LogP contribution in [0.5, 0.6) is 17.2 Å². The Hall–Kier alpha value is -3.46. The van der Waals surface area contributed by atoms with Crippen molar-refractivity contribution in [2.75, 3.05) is 20.8 Å². The van der Waals surface area contributed by atoms with E-state index in [1.807, 2.05) is 24.3 Å². The van der Waals surface area contributed by atoms with E-state index in [0.717, 1.165) is 17.3 Å². The molecule has 0 aliphatic carbocycles. The molecule has 2 saturated heterocycles. The van der Waals surface area contributed by atoms with Crippen molar-refractivity contribution >= 4 is 35.1 Å². The van der Waals surface area contributed by atoms with E-state index in [2.05, 4.69) is 5.32 Å². The molecule has 31 heavy (non-hydrogen) atoms. The molecule has 2 aromatic rings. The average Bonchev–Trinajstić information content (AvgIpc) is 3.25. The van der Waals surface area contributed by atoms with Crippen LogP contribution in [0.4, 0.5) is 9.59 Å². The Morgan fingerprint density at radius 3 is 2.55 bits per heavy atom. The molecule has 0 radical (unpaired) electrons. The smallest absolute Gasteiger partial charge is 0.409 e. The minimum absolute atomic E-state index is 0.0245. The fraction of sp³-hybridized carbons (Fsp3) is 0.227. The summed E-state index contributed by atoms with van der Waals surface area (Å²) in [6.07, 6.45) is 2.03. The molecule has 2 heterocycles. The van der Waals surface area contributed by atoms with Crippen LogP contribution in [0.3, 0.4) is 0 Å². The molecule has 2 fully saturated rings. The zero-order valence-electron chi connectivity index (χ0n) is 16.9. The number of ether oxygens (including phenoxy) is 3. The molecule has 1 atom stereocenters. The lowest BCUT2D eigenvalue weighted by molar-refractivity contribution is -0.115. The van der Waals surface area contributed by atoms with Crippen molar-refractivity contribution in [3.63, 3.8) is 0 Å². The normalized spacial score (nSPS) is 19.5. The second kappa shape index (κ2) is 8.73. The summed E-state index contributed by atoms with van der Waals surface area (Å²) in [4.78, 5) is 36.4. The van der Waals surface area contributed by atoms with Gasteiger partial charge in [-0.3, -0.25) is 14.9 Å². The molecule has 4 rings (SSSR count). The van der Waals surface area contributed by atoms with Crippen LogP contribution in [-0.4, -0.2) is 48.9 Å². The van der Waals surface area contributed by atoms with Gasteiger partial charge in [0, 0.05) is 7.05 Å². The summed E-state index contributed by atoms with van der Waals surface area (Å²) in [6, 6.07) is 12.9. The van der Waals surface area contributed by atoms with Crippen LogP contribution in [0, 0.1) is 0 Å². The second-order valence-corrected chi connectivity index (χ2v) is 8.07. The molecule has 8 nitrogen and oxygen atoms in total. The standard InChI is InChI=1S/C22H20N2O6S/c1-24-15(12-29-22(24)27)9-13-3-6-16(7-4-13)30-17-8-5-14(10-18(17)28-2)11-19-20(25)23-21(26)31-19/h3-8,10-11,15H,9,12H2,1-2H3,(H,23,25,26)/b19-11-.